The lowest BCUT2D eigenvalue weighted by Crippen LogP contribution is -2.42. The quantitative estimate of drug-likeness (QED) is 0.278. The molecule has 5 amide bonds. The van der Waals surface area contributed by atoms with Crippen molar-refractivity contribution in [3.05, 3.63) is 0 Å². The maximum Gasteiger partial charge on any atom is 0.334 e. The van der Waals surface area contributed by atoms with Crippen LogP contribution in [0.4, 0.5) is 4.79 Å². The van der Waals surface area contributed by atoms with E-state index in [9.17, 15) is 24.0 Å². The van der Waals surface area contributed by atoms with Crippen LogP contribution in [-0.2, 0) is 23.9 Å². The number of carbonyl (C=O) groups excluding carboxylic acids is 5. The van der Waals surface area contributed by atoms with Gasteiger partial charge in [0.2, 0.25) is 5.91 Å². The predicted octanol–water partition coefficient (Wildman–Crippen LogP) is -0.497. The second-order valence-electron chi connectivity index (χ2n) is 5.51. The number of ether oxygens (including phenoxy) is 1. The molecule has 0 aromatic rings. The van der Waals surface area contributed by atoms with Crippen LogP contribution in [-0.4, -0.2) is 66.3 Å². The molecular formula is C14H21N3O6. The van der Waals surface area contributed by atoms with Crippen molar-refractivity contribution in [2.45, 2.75) is 26.7 Å². The molecule has 9 heteroatoms. The summed E-state index contributed by atoms with van der Waals surface area (Å²) in [7, 11) is 1.27. The van der Waals surface area contributed by atoms with E-state index in [4.69, 9.17) is 0 Å². The Balaban J connectivity index is 2.48. The standard InChI is InChI=1S/C14H21N3O6/c1-9(2)7-16-12(20)13(21)17(14(16)22)8-10(18)15-6-4-5-11(19)23-3/h9H,4-8H2,1-3H3,(H,15,18). The molecule has 128 valence electrons. The number of carbonyl (C=O) groups is 5. The molecule has 1 aliphatic rings. The van der Waals surface area contributed by atoms with Crippen molar-refractivity contribution in [2.75, 3.05) is 26.7 Å². The molecule has 0 unspecified atom stereocenters. The number of methoxy groups -OCH3 is 1. The van der Waals surface area contributed by atoms with E-state index in [1.54, 1.807) is 0 Å². The third kappa shape index (κ3) is 5.04. The summed E-state index contributed by atoms with van der Waals surface area (Å²) in [6.07, 6.45) is 0.526. The van der Waals surface area contributed by atoms with Gasteiger partial charge in [0, 0.05) is 19.5 Å². The molecule has 0 bridgehead atoms. The summed E-state index contributed by atoms with van der Waals surface area (Å²) in [5.41, 5.74) is 0. The van der Waals surface area contributed by atoms with Crippen LogP contribution in [0.15, 0.2) is 0 Å². The Morgan fingerprint density at radius 2 is 1.74 bits per heavy atom. The molecule has 0 aromatic carbocycles. The number of nitrogens with zero attached hydrogens (tertiary/aromatic N) is 2. The predicted molar refractivity (Wildman–Crippen MR) is 77.9 cm³/mol. The largest absolute Gasteiger partial charge is 0.469 e. The Labute approximate surface area is 133 Å². The Morgan fingerprint density at radius 1 is 1.13 bits per heavy atom. The molecule has 23 heavy (non-hydrogen) atoms. The smallest absolute Gasteiger partial charge is 0.334 e. The zero-order valence-corrected chi connectivity index (χ0v) is 13.5. The summed E-state index contributed by atoms with van der Waals surface area (Å²) < 4.78 is 4.46. The third-order valence-electron chi connectivity index (χ3n) is 3.09. The number of urea groups is 1. The average Bonchev–Trinajstić information content (AvgIpc) is 2.68. The highest BCUT2D eigenvalue weighted by atomic mass is 16.5. The molecule has 0 aliphatic carbocycles. The minimum atomic E-state index is -1.000. The van der Waals surface area contributed by atoms with Gasteiger partial charge in [0.25, 0.3) is 0 Å². The summed E-state index contributed by atoms with van der Waals surface area (Å²) in [4.78, 5) is 59.7. The van der Waals surface area contributed by atoms with E-state index in [2.05, 4.69) is 10.1 Å². The topological polar surface area (TPSA) is 113 Å². The van der Waals surface area contributed by atoms with Crippen molar-refractivity contribution in [3.63, 3.8) is 0 Å². The lowest BCUT2D eigenvalue weighted by molar-refractivity contribution is -0.144. The molecule has 1 fully saturated rings. The van der Waals surface area contributed by atoms with Crippen LogP contribution < -0.4 is 5.32 Å². The van der Waals surface area contributed by atoms with Crippen molar-refractivity contribution in [2.24, 2.45) is 5.92 Å². The van der Waals surface area contributed by atoms with E-state index < -0.39 is 30.3 Å². The van der Waals surface area contributed by atoms with Gasteiger partial charge in [0.1, 0.15) is 6.54 Å². The number of nitrogens with one attached hydrogen (secondary N) is 1. The second kappa shape index (κ2) is 8.25. The zero-order valence-electron chi connectivity index (χ0n) is 13.5. The fraction of sp³-hybridized carbons (Fsp3) is 0.643. The van der Waals surface area contributed by atoms with Crippen molar-refractivity contribution >= 4 is 29.7 Å². The Hall–Kier alpha value is -2.45. The van der Waals surface area contributed by atoms with Crippen LogP contribution in [0.2, 0.25) is 0 Å². The lowest BCUT2D eigenvalue weighted by Gasteiger charge is -2.16. The van der Waals surface area contributed by atoms with E-state index >= 15 is 0 Å². The van der Waals surface area contributed by atoms with Gasteiger partial charge in [-0.05, 0) is 12.3 Å². The van der Waals surface area contributed by atoms with Gasteiger partial charge in [-0.2, -0.15) is 0 Å². The molecule has 1 heterocycles. The molecule has 0 radical (unpaired) electrons. The lowest BCUT2D eigenvalue weighted by atomic mass is 10.2. The van der Waals surface area contributed by atoms with Crippen LogP contribution in [0.5, 0.6) is 0 Å². The molecular weight excluding hydrogens is 306 g/mol. The van der Waals surface area contributed by atoms with E-state index in [0.29, 0.717) is 11.3 Å². The maximum atomic E-state index is 12.0. The first kappa shape index (κ1) is 18.6. The first-order valence-corrected chi connectivity index (χ1v) is 7.28. The van der Waals surface area contributed by atoms with Gasteiger partial charge in [-0.25, -0.2) is 9.69 Å². The Kier molecular flexibility index (Phi) is 6.67. The zero-order chi connectivity index (χ0) is 17.6. The van der Waals surface area contributed by atoms with Gasteiger partial charge >= 0.3 is 23.8 Å². The van der Waals surface area contributed by atoms with Crippen molar-refractivity contribution in [1.29, 1.82) is 0 Å². The third-order valence-corrected chi connectivity index (χ3v) is 3.09. The number of rotatable bonds is 8. The highest BCUT2D eigenvalue weighted by Crippen LogP contribution is 2.13. The first-order valence-electron chi connectivity index (χ1n) is 7.28. The van der Waals surface area contributed by atoms with E-state index in [1.807, 2.05) is 13.8 Å². The van der Waals surface area contributed by atoms with E-state index in [0.717, 1.165) is 4.90 Å². The molecule has 0 spiro atoms. The molecule has 1 N–H and O–H groups in total. The normalized spacial score (nSPS) is 14.7. The number of imide groups is 2. The molecule has 1 aliphatic heterocycles. The summed E-state index contributed by atoms with van der Waals surface area (Å²) in [5, 5.41) is 2.48. The maximum absolute atomic E-state index is 12.0. The van der Waals surface area contributed by atoms with Gasteiger partial charge in [0.15, 0.2) is 0 Å². The summed E-state index contributed by atoms with van der Waals surface area (Å²) in [6.45, 7) is 3.42. The average molecular weight is 327 g/mol. The van der Waals surface area contributed by atoms with Gasteiger partial charge in [-0.15, -0.1) is 0 Å². The minimum absolute atomic E-state index is 0.0165. The molecule has 0 aromatic heterocycles. The van der Waals surface area contributed by atoms with Crippen molar-refractivity contribution < 1.29 is 28.7 Å². The van der Waals surface area contributed by atoms with Crippen molar-refractivity contribution in [3.8, 4) is 0 Å². The fourth-order valence-corrected chi connectivity index (χ4v) is 1.98. The van der Waals surface area contributed by atoms with Gasteiger partial charge in [-0.3, -0.25) is 24.1 Å². The molecule has 0 saturated carbocycles. The molecule has 1 rings (SSSR count). The molecule has 9 nitrogen and oxygen atoms in total. The van der Waals surface area contributed by atoms with Gasteiger partial charge < -0.3 is 10.1 Å². The van der Waals surface area contributed by atoms with Crippen LogP contribution >= 0.6 is 0 Å². The van der Waals surface area contributed by atoms with Crippen LogP contribution in [0.3, 0.4) is 0 Å². The summed E-state index contributed by atoms with van der Waals surface area (Å²) >= 11 is 0. The monoisotopic (exact) mass is 327 g/mol. The Morgan fingerprint density at radius 3 is 2.30 bits per heavy atom. The second-order valence-corrected chi connectivity index (χ2v) is 5.51. The highest BCUT2D eigenvalue weighted by molar-refractivity contribution is 6.45. The summed E-state index contributed by atoms with van der Waals surface area (Å²) in [5.74, 6) is -2.86. The summed E-state index contributed by atoms with van der Waals surface area (Å²) in [6, 6.07) is -0.779. The van der Waals surface area contributed by atoms with Gasteiger partial charge in [0.05, 0.1) is 7.11 Å². The highest BCUT2D eigenvalue weighted by Gasteiger charge is 2.45. The van der Waals surface area contributed by atoms with Crippen LogP contribution in [0.25, 0.3) is 0 Å². The van der Waals surface area contributed by atoms with Crippen LogP contribution in [0.1, 0.15) is 26.7 Å². The molecule has 1 saturated heterocycles. The first-order chi connectivity index (χ1) is 10.8. The fourth-order valence-electron chi connectivity index (χ4n) is 1.98. The SMILES string of the molecule is COC(=O)CCCNC(=O)CN1C(=O)C(=O)N(CC(C)C)C1=O. The number of hydrogen-bond donors (Lipinski definition) is 1. The van der Waals surface area contributed by atoms with Crippen molar-refractivity contribution in [1.82, 2.24) is 15.1 Å². The van der Waals surface area contributed by atoms with E-state index in [-0.39, 0.29) is 31.4 Å². The Bertz CT molecular complexity index is 517. The number of esters is 1. The number of amides is 5. The van der Waals surface area contributed by atoms with Gasteiger partial charge in [-0.1, -0.05) is 13.8 Å². The number of hydrogen-bond acceptors (Lipinski definition) is 6. The minimum Gasteiger partial charge on any atom is -0.469 e. The van der Waals surface area contributed by atoms with E-state index in [1.165, 1.54) is 7.11 Å². The molecule has 0 atom stereocenters. The van der Waals surface area contributed by atoms with Crippen LogP contribution in [0, 0.1) is 5.92 Å².